The first kappa shape index (κ1) is 7.84. The van der Waals surface area contributed by atoms with Crippen molar-refractivity contribution in [2.24, 2.45) is 0 Å². The summed E-state index contributed by atoms with van der Waals surface area (Å²) in [5.41, 5.74) is 1.84. The van der Waals surface area contributed by atoms with Crippen molar-refractivity contribution in [3.05, 3.63) is 35.4 Å². The zero-order valence-electron chi connectivity index (χ0n) is 6.41. The molecule has 0 aliphatic heterocycles. The predicted molar refractivity (Wildman–Crippen MR) is 45.0 cm³/mol. The number of aryl methyl sites for hydroxylation is 1. The van der Waals surface area contributed by atoms with E-state index in [1.165, 1.54) is 0 Å². The van der Waals surface area contributed by atoms with Gasteiger partial charge in [-0.15, -0.1) is 6.42 Å². The molecule has 0 saturated heterocycles. The topological polar surface area (TPSA) is 20.2 Å². The first-order chi connectivity index (χ1) is 5.25. The van der Waals surface area contributed by atoms with E-state index >= 15 is 0 Å². The van der Waals surface area contributed by atoms with E-state index in [-0.39, 0.29) is 0 Å². The second-order valence-corrected chi connectivity index (χ2v) is 2.43. The first-order valence-corrected chi connectivity index (χ1v) is 3.45. The molecule has 0 aromatic heterocycles. The first-order valence-electron chi connectivity index (χ1n) is 3.45. The number of aliphatic hydroxyl groups excluding tert-OH is 1. The van der Waals surface area contributed by atoms with Crippen LogP contribution >= 0.6 is 0 Å². The van der Waals surface area contributed by atoms with E-state index in [2.05, 4.69) is 5.92 Å². The minimum absolute atomic E-state index is 0.767. The van der Waals surface area contributed by atoms with Crippen molar-refractivity contribution in [1.82, 2.24) is 0 Å². The lowest BCUT2D eigenvalue weighted by Gasteiger charge is -2.05. The molecule has 0 saturated carbocycles. The highest BCUT2D eigenvalue weighted by Gasteiger charge is 2.04. The third-order valence-corrected chi connectivity index (χ3v) is 1.64. The highest BCUT2D eigenvalue weighted by Crippen LogP contribution is 2.15. The van der Waals surface area contributed by atoms with E-state index in [1.54, 1.807) is 0 Å². The minimum atomic E-state index is -0.767. The number of rotatable bonds is 1. The van der Waals surface area contributed by atoms with Crippen molar-refractivity contribution in [2.75, 3.05) is 0 Å². The van der Waals surface area contributed by atoms with Gasteiger partial charge in [-0.3, -0.25) is 0 Å². The van der Waals surface area contributed by atoms with E-state index in [0.717, 1.165) is 11.1 Å². The van der Waals surface area contributed by atoms with Crippen LogP contribution in [0.2, 0.25) is 0 Å². The van der Waals surface area contributed by atoms with Gasteiger partial charge in [0.2, 0.25) is 0 Å². The lowest BCUT2D eigenvalue weighted by atomic mass is 10.0. The highest BCUT2D eigenvalue weighted by molar-refractivity contribution is 5.31. The summed E-state index contributed by atoms with van der Waals surface area (Å²) in [6, 6.07) is 7.54. The van der Waals surface area contributed by atoms with Crippen LogP contribution in [0.1, 0.15) is 17.2 Å². The largest absolute Gasteiger partial charge is 0.376 e. The molecule has 11 heavy (non-hydrogen) atoms. The molecular formula is C10H10O. The van der Waals surface area contributed by atoms with Crippen LogP contribution in [0.25, 0.3) is 0 Å². The molecule has 0 aliphatic carbocycles. The van der Waals surface area contributed by atoms with Crippen LogP contribution in [0.5, 0.6) is 0 Å². The van der Waals surface area contributed by atoms with Gasteiger partial charge < -0.3 is 5.11 Å². The Morgan fingerprint density at radius 1 is 1.45 bits per heavy atom. The smallest absolute Gasteiger partial charge is 0.140 e. The summed E-state index contributed by atoms with van der Waals surface area (Å²) in [7, 11) is 0. The van der Waals surface area contributed by atoms with E-state index in [4.69, 9.17) is 6.42 Å². The number of hydrogen-bond donors (Lipinski definition) is 1. The Labute approximate surface area is 66.7 Å². The van der Waals surface area contributed by atoms with Gasteiger partial charge >= 0.3 is 0 Å². The molecular weight excluding hydrogens is 136 g/mol. The van der Waals surface area contributed by atoms with Gasteiger partial charge in [0.15, 0.2) is 0 Å². The van der Waals surface area contributed by atoms with Gasteiger partial charge in [0.25, 0.3) is 0 Å². The Bertz CT molecular complexity index is 283. The monoisotopic (exact) mass is 146 g/mol. The predicted octanol–water partition coefficient (Wildman–Crippen LogP) is 1.66. The average molecular weight is 146 g/mol. The molecule has 1 N–H and O–H groups in total. The van der Waals surface area contributed by atoms with E-state index in [9.17, 15) is 5.11 Å². The van der Waals surface area contributed by atoms with Gasteiger partial charge in [-0.2, -0.15) is 0 Å². The van der Waals surface area contributed by atoms with Crippen LogP contribution in [0.4, 0.5) is 0 Å². The van der Waals surface area contributed by atoms with Gasteiger partial charge in [-0.25, -0.2) is 0 Å². The van der Waals surface area contributed by atoms with Gasteiger partial charge in [-0.05, 0) is 18.1 Å². The molecule has 1 aromatic carbocycles. The van der Waals surface area contributed by atoms with Crippen LogP contribution in [0, 0.1) is 19.3 Å². The Hall–Kier alpha value is -1.26. The number of terminal acetylenes is 1. The van der Waals surface area contributed by atoms with Crippen molar-refractivity contribution < 1.29 is 5.11 Å². The van der Waals surface area contributed by atoms with Crippen molar-refractivity contribution >= 4 is 0 Å². The van der Waals surface area contributed by atoms with Crippen molar-refractivity contribution in [1.29, 1.82) is 0 Å². The minimum Gasteiger partial charge on any atom is -0.376 e. The Balaban J connectivity index is 3.05. The fourth-order valence-corrected chi connectivity index (χ4v) is 0.983. The van der Waals surface area contributed by atoms with Crippen LogP contribution in [0.3, 0.4) is 0 Å². The lowest BCUT2D eigenvalue weighted by molar-refractivity contribution is 0.238. The van der Waals surface area contributed by atoms with E-state index in [1.807, 2.05) is 31.2 Å². The third-order valence-electron chi connectivity index (χ3n) is 1.64. The summed E-state index contributed by atoms with van der Waals surface area (Å²) in [6.07, 6.45) is 4.31. The molecule has 0 fully saturated rings. The molecule has 1 nitrogen and oxygen atoms in total. The molecule has 1 heteroatoms. The standard InChI is InChI=1S/C10H10O/c1-3-10(11)9-7-5-4-6-8(9)2/h1,4-7,10-11H,2H3. The quantitative estimate of drug-likeness (QED) is 0.597. The SMILES string of the molecule is C#CC(O)c1ccccc1C. The molecule has 0 heterocycles. The molecule has 0 aliphatic rings. The summed E-state index contributed by atoms with van der Waals surface area (Å²) in [6.45, 7) is 1.93. The van der Waals surface area contributed by atoms with Crippen LogP contribution in [-0.2, 0) is 0 Å². The van der Waals surface area contributed by atoms with E-state index < -0.39 is 6.10 Å². The maximum Gasteiger partial charge on any atom is 0.140 e. The van der Waals surface area contributed by atoms with Crippen LogP contribution < -0.4 is 0 Å². The normalized spacial score (nSPS) is 12.1. The lowest BCUT2D eigenvalue weighted by Crippen LogP contribution is -1.95. The highest BCUT2D eigenvalue weighted by atomic mass is 16.3. The molecule has 0 bridgehead atoms. The summed E-state index contributed by atoms with van der Waals surface area (Å²) in [5, 5.41) is 9.27. The second kappa shape index (κ2) is 3.23. The molecule has 0 spiro atoms. The van der Waals surface area contributed by atoms with E-state index in [0.29, 0.717) is 0 Å². The maximum absolute atomic E-state index is 9.27. The molecule has 0 radical (unpaired) electrons. The van der Waals surface area contributed by atoms with Gasteiger partial charge in [0.05, 0.1) is 0 Å². The molecule has 1 rings (SSSR count). The fraction of sp³-hybridized carbons (Fsp3) is 0.200. The number of benzene rings is 1. The summed E-state index contributed by atoms with van der Waals surface area (Å²) >= 11 is 0. The molecule has 1 aromatic rings. The summed E-state index contributed by atoms with van der Waals surface area (Å²) in [4.78, 5) is 0. The van der Waals surface area contributed by atoms with Gasteiger partial charge in [0, 0.05) is 0 Å². The molecule has 56 valence electrons. The molecule has 1 unspecified atom stereocenters. The Morgan fingerprint density at radius 3 is 2.64 bits per heavy atom. The Morgan fingerprint density at radius 2 is 2.09 bits per heavy atom. The zero-order chi connectivity index (χ0) is 8.27. The van der Waals surface area contributed by atoms with Crippen LogP contribution in [-0.4, -0.2) is 5.11 Å². The van der Waals surface area contributed by atoms with Crippen molar-refractivity contribution in [3.8, 4) is 12.3 Å². The summed E-state index contributed by atoms with van der Waals surface area (Å²) < 4.78 is 0. The maximum atomic E-state index is 9.27. The van der Waals surface area contributed by atoms with Crippen molar-refractivity contribution in [3.63, 3.8) is 0 Å². The summed E-state index contributed by atoms with van der Waals surface area (Å²) in [5.74, 6) is 2.28. The molecule has 0 amide bonds. The second-order valence-electron chi connectivity index (χ2n) is 2.43. The van der Waals surface area contributed by atoms with Gasteiger partial charge in [-0.1, -0.05) is 30.2 Å². The van der Waals surface area contributed by atoms with Crippen molar-refractivity contribution in [2.45, 2.75) is 13.0 Å². The Kier molecular flexibility index (Phi) is 2.30. The number of hydrogen-bond acceptors (Lipinski definition) is 1. The zero-order valence-corrected chi connectivity index (χ0v) is 6.41. The van der Waals surface area contributed by atoms with Gasteiger partial charge in [0.1, 0.15) is 6.10 Å². The fourth-order valence-electron chi connectivity index (χ4n) is 0.983. The average Bonchev–Trinajstić information content (AvgIpc) is 2.04. The molecule has 1 atom stereocenters. The number of aliphatic hydroxyl groups is 1. The van der Waals surface area contributed by atoms with Crippen LogP contribution in [0.15, 0.2) is 24.3 Å². The third kappa shape index (κ3) is 1.60.